The summed E-state index contributed by atoms with van der Waals surface area (Å²) in [6, 6.07) is 7.08. The van der Waals surface area contributed by atoms with Crippen molar-refractivity contribution in [3.05, 3.63) is 22.7 Å². The van der Waals surface area contributed by atoms with Gasteiger partial charge in [-0.15, -0.1) is 0 Å². The van der Waals surface area contributed by atoms with E-state index in [1.165, 1.54) is 0 Å². The minimum Gasteiger partial charge on any atom is -0.492 e. The summed E-state index contributed by atoms with van der Waals surface area (Å²) in [6.45, 7) is 2.38. The highest BCUT2D eigenvalue weighted by Gasteiger charge is 2.05. The monoisotopic (exact) mass is 309 g/mol. The first-order chi connectivity index (χ1) is 8.58. The Morgan fingerprint density at radius 3 is 2.94 bits per heavy atom. The minimum absolute atomic E-state index is 0.183. The molecule has 6 nitrogen and oxygen atoms in total. The first-order valence-corrected chi connectivity index (χ1v) is 5.88. The average molecular weight is 310 g/mol. The molecule has 0 aliphatic heterocycles. The maximum atomic E-state index is 8.72. The maximum absolute atomic E-state index is 8.72. The second kappa shape index (κ2) is 6.61. The lowest BCUT2D eigenvalue weighted by Crippen LogP contribution is -2.21. The molecule has 0 aromatic heterocycles. The molecule has 0 saturated carbocycles. The predicted octanol–water partition coefficient (Wildman–Crippen LogP) is 2.08. The lowest BCUT2D eigenvalue weighted by Gasteiger charge is -2.09. The number of halogens is 1. The van der Waals surface area contributed by atoms with Gasteiger partial charge in [0, 0.05) is 4.47 Å². The second-order valence-electron chi connectivity index (χ2n) is 3.17. The highest BCUT2D eigenvalue weighted by atomic mass is 79.9. The first kappa shape index (κ1) is 14.0. The molecule has 1 aromatic carbocycles. The molecule has 0 saturated heterocycles. The molecule has 0 radical (unpaired) electrons. The average Bonchev–Trinajstić information content (AvgIpc) is 2.33. The fraction of sp³-hybridized carbons (Fsp3) is 0.182. The Balaban J connectivity index is 2.99. The molecule has 0 spiro atoms. The Bertz CT molecular complexity index is 521. The van der Waals surface area contributed by atoms with Gasteiger partial charge in [0.05, 0.1) is 12.3 Å². The fourth-order valence-electron chi connectivity index (χ4n) is 1.13. The summed E-state index contributed by atoms with van der Waals surface area (Å²) in [5.74, 6) is 0.211. The molecule has 0 fully saturated rings. The summed E-state index contributed by atoms with van der Waals surface area (Å²) in [5, 5.41) is 19.6. The van der Waals surface area contributed by atoms with Gasteiger partial charge in [-0.25, -0.2) is 0 Å². The summed E-state index contributed by atoms with van der Waals surface area (Å²) in [7, 11) is 0. The molecule has 0 atom stereocenters. The molecule has 1 rings (SSSR count). The molecule has 7 heteroatoms. The number of anilines is 1. The van der Waals surface area contributed by atoms with Crippen molar-refractivity contribution in [2.75, 3.05) is 12.0 Å². The molecule has 94 valence electrons. The number of nitriles is 1. The molecular formula is C11H12BrN5O. The van der Waals surface area contributed by atoms with Crippen LogP contribution in [0.15, 0.2) is 27.8 Å². The number of hydrogen-bond donors (Lipinski definition) is 3. The van der Waals surface area contributed by atoms with E-state index in [1.54, 1.807) is 18.2 Å². The van der Waals surface area contributed by atoms with E-state index in [1.807, 2.05) is 13.0 Å². The van der Waals surface area contributed by atoms with Crippen LogP contribution in [-0.2, 0) is 0 Å². The lowest BCUT2D eigenvalue weighted by atomic mass is 10.3. The highest BCUT2D eigenvalue weighted by Crippen LogP contribution is 2.28. The van der Waals surface area contributed by atoms with Crippen LogP contribution >= 0.6 is 15.9 Å². The summed E-state index contributed by atoms with van der Waals surface area (Å²) < 4.78 is 6.24. The zero-order valence-electron chi connectivity index (χ0n) is 9.70. The van der Waals surface area contributed by atoms with E-state index in [9.17, 15) is 0 Å². The van der Waals surface area contributed by atoms with E-state index in [2.05, 4.69) is 26.5 Å². The summed E-state index contributed by atoms with van der Waals surface area (Å²) in [6.07, 6.45) is 0. The lowest BCUT2D eigenvalue weighted by molar-refractivity contribution is 0.341. The number of nitrogens with two attached hydrogens (primary N) is 1. The number of hydrazone groups is 1. The van der Waals surface area contributed by atoms with Crippen molar-refractivity contribution < 1.29 is 4.74 Å². The molecule has 18 heavy (non-hydrogen) atoms. The van der Waals surface area contributed by atoms with Gasteiger partial charge in [-0.1, -0.05) is 15.9 Å². The van der Waals surface area contributed by atoms with Crippen molar-refractivity contribution in [3.8, 4) is 11.8 Å². The smallest absolute Gasteiger partial charge is 0.201 e. The van der Waals surface area contributed by atoms with Crippen LogP contribution in [0.1, 0.15) is 6.92 Å². The number of nitrogens with one attached hydrogen (secondary N) is 2. The van der Waals surface area contributed by atoms with Gasteiger partial charge in [-0.2, -0.15) is 10.4 Å². The van der Waals surface area contributed by atoms with E-state index in [0.717, 1.165) is 4.47 Å². The van der Waals surface area contributed by atoms with Crippen LogP contribution in [0.25, 0.3) is 0 Å². The number of hydrogen-bond acceptors (Lipinski definition) is 5. The van der Waals surface area contributed by atoms with Gasteiger partial charge < -0.3 is 10.5 Å². The topological polar surface area (TPSA) is 107 Å². The number of nitrogens with zero attached hydrogens (tertiary/aromatic N) is 2. The first-order valence-electron chi connectivity index (χ1n) is 5.09. The van der Waals surface area contributed by atoms with Crippen LogP contribution in [0.4, 0.5) is 5.69 Å². The Morgan fingerprint density at radius 2 is 2.39 bits per heavy atom. The van der Waals surface area contributed by atoms with Crippen molar-refractivity contribution in [2.24, 2.45) is 10.8 Å². The van der Waals surface area contributed by atoms with Gasteiger partial charge in [-0.05, 0) is 25.1 Å². The largest absolute Gasteiger partial charge is 0.492 e. The third-order valence-corrected chi connectivity index (χ3v) is 2.38. The third-order valence-electron chi connectivity index (χ3n) is 1.89. The molecular weight excluding hydrogens is 298 g/mol. The zero-order valence-corrected chi connectivity index (χ0v) is 11.3. The molecule has 0 heterocycles. The summed E-state index contributed by atoms with van der Waals surface area (Å²) >= 11 is 3.32. The van der Waals surface area contributed by atoms with Gasteiger partial charge in [0.1, 0.15) is 11.8 Å². The number of amidine groups is 1. The van der Waals surface area contributed by atoms with E-state index < -0.39 is 5.84 Å². The van der Waals surface area contributed by atoms with Gasteiger partial charge in [0.2, 0.25) is 5.71 Å². The zero-order chi connectivity index (χ0) is 13.5. The molecule has 0 bridgehead atoms. The fourth-order valence-corrected chi connectivity index (χ4v) is 1.49. The maximum Gasteiger partial charge on any atom is 0.201 e. The Morgan fingerprint density at radius 1 is 1.67 bits per heavy atom. The van der Waals surface area contributed by atoms with Crippen LogP contribution in [0, 0.1) is 16.7 Å². The Hall–Kier alpha value is -2.07. The Labute approximate surface area is 113 Å². The normalized spacial score (nSPS) is 10.6. The van der Waals surface area contributed by atoms with Crippen molar-refractivity contribution in [2.45, 2.75) is 6.92 Å². The molecule has 0 amide bonds. The van der Waals surface area contributed by atoms with Crippen molar-refractivity contribution >= 4 is 33.2 Å². The van der Waals surface area contributed by atoms with Crippen LogP contribution in [0.5, 0.6) is 5.75 Å². The van der Waals surface area contributed by atoms with Crippen molar-refractivity contribution in [3.63, 3.8) is 0 Å². The van der Waals surface area contributed by atoms with Crippen molar-refractivity contribution in [1.29, 1.82) is 10.7 Å². The number of benzene rings is 1. The van der Waals surface area contributed by atoms with Gasteiger partial charge >= 0.3 is 0 Å². The second-order valence-corrected chi connectivity index (χ2v) is 4.09. The van der Waals surface area contributed by atoms with Crippen LogP contribution in [-0.4, -0.2) is 18.2 Å². The van der Waals surface area contributed by atoms with Gasteiger partial charge in [0.25, 0.3) is 0 Å². The molecule has 4 N–H and O–H groups in total. The molecule has 0 unspecified atom stereocenters. The number of ether oxygens (including phenoxy) is 1. The van der Waals surface area contributed by atoms with Crippen LogP contribution < -0.4 is 15.9 Å². The molecule has 0 aliphatic rings. The van der Waals surface area contributed by atoms with Gasteiger partial charge in [-0.3, -0.25) is 10.8 Å². The Kier molecular flexibility index (Phi) is 5.14. The summed E-state index contributed by atoms with van der Waals surface area (Å²) in [5.41, 5.74) is 8.25. The quantitative estimate of drug-likeness (QED) is 0.439. The molecule has 1 aromatic rings. The van der Waals surface area contributed by atoms with E-state index in [4.69, 9.17) is 21.1 Å². The minimum atomic E-state index is -0.391. The third kappa shape index (κ3) is 3.75. The van der Waals surface area contributed by atoms with Gasteiger partial charge in [0.15, 0.2) is 5.84 Å². The van der Waals surface area contributed by atoms with E-state index in [0.29, 0.717) is 18.0 Å². The van der Waals surface area contributed by atoms with Crippen molar-refractivity contribution in [1.82, 2.24) is 0 Å². The van der Waals surface area contributed by atoms with Crippen LogP contribution in [0.3, 0.4) is 0 Å². The van der Waals surface area contributed by atoms with E-state index in [-0.39, 0.29) is 5.71 Å². The molecule has 0 aliphatic carbocycles. The predicted molar refractivity (Wildman–Crippen MR) is 73.9 cm³/mol. The summed E-state index contributed by atoms with van der Waals surface area (Å²) in [4.78, 5) is 0. The van der Waals surface area contributed by atoms with Crippen LogP contribution in [0.2, 0.25) is 0 Å². The SMILES string of the molecule is CCOc1ccc(Br)cc1N/N=C(\C#N)C(=N)N. The highest BCUT2D eigenvalue weighted by molar-refractivity contribution is 9.10. The number of rotatable bonds is 5. The standard InChI is InChI=1S/C11H12BrN5O/c1-2-18-10-4-3-7(12)5-8(10)16-17-9(6-13)11(14)15/h3-5,16H,2H2,1H3,(H3,14,15)/b17-9+. The van der Waals surface area contributed by atoms with E-state index >= 15 is 0 Å².